The molecule has 14 atom stereocenters. The van der Waals surface area contributed by atoms with Crippen molar-refractivity contribution in [1.82, 2.24) is 9.55 Å². The van der Waals surface area contributed by atoms with Crippen molar-refractivity contribution in [3.63, 3.8) is 0 Å². The molecular formula is C48H73N5O5S2. The highest BCUT2D eigenvalue weighted by molar-refractivity contribution is 8.76. The summed E-state index contributed by atoms with van der Waals surface area (Å²) in [6.45, 7) is 9.68. The minimum atomic E-state index is -1.31. The van der Waals surface area contributed by atoms with Crippen molar-refractivity contribution in [2.45, 2.75) is 160 Å². The Balaban J connectivity index is 1.19. The lowest BCUT2D eigenvalue weighted by atomic mass is 9.39. The zero-order valence-electron chi connectivity index (χ0n) is 36.6. The number of guanidine groups is 1. The summed E-state index contributed by atoms with van der Waals surface area (Å²) in [5.41, 5.74) is 13.7. The minimum absolute atomic E-state index is 0.0170. The molecule has 9 rings (SSSR count). The molecule has 10 nitrogen and oxygen atoms in total. The van der Waals surface area contributed by atoms with Gasteiger partial charge in [0, 0.05) is 53.7 Å². The quantitative estimate of drug-likeness (QED) is 0.0778. The molecule has 1 aliphatic heterocycles. The summed E-state index contributed by atoms with van der Waals surface area (Å²) in [5, 5.41) is 49.6. The number of nitrogens with zero attached hydrogens (tertiary/aromatic N) is 3. The molecule has 7 fully saturated rings. The highest BCUT2D eigenvalue weighted by atomic mass is 33.1. The van der Waals surface area contributed by atoms with E-state index in [0.29, 0.717) is 18.4 Å². The smallest absolute Gasteiger partial charge is 0.185 e. The average Bonchev–Trinajstić information content (AvgIpc) is 3.92. The van der Waals surface area contributed by atoms with Crippen molar-refractivity contribution in [1.29, 1.82) is 0 Å². The zero-order valence-corrected chi connectivity index (χ0v) is 38.2. The molecule has 6 saturated carbocycles. The summed E-state index contributed by atoms with van der Waals surface area (Å²) in [6.07, 6.45) is 20.9. The Morgan fingerprint density at radius 2 is 1.68 bits per heavy atom. The van der Waals surface area contributed by atoms with Crippen LogP contribution in [-0.4, -0.2) is 83.7 Å². The number of allylic oxidation sites excluding steroid dienone is 2. The summed E-state index contributed by atoms with van der Waals surface area (Å²) in [7, 11) is 3.74. The van der Waals surface area contributed by atoms with Crippen LogP contribution in [0.5, 0.6) is 0 Å². The van der Waals surface area contributed by atoms with Gasteiger partial charge < -0.3 is 36.5 Å². The van der Waals surface area contributed by atoms with Crippen LogP contribution in [0.15, 0.2) is 46.5 Å². The molecule has 8 aliphatic rings. The fraction of sp³-hybridized carbons (Fsp3) is 0.812. The Labute approximate surface area is 366 Å². The van der Waals surface area contributed by atoms with Crippen molar-refractivity contribution in [3.05, 3.63) is 41.5 Å². The lowest BCUT2D eigenvalue weighted by Gasteiger charge is -2.66. The van der Waals surface area contributed by atoms with Crippen molar-refractivity contribution < 1.29 is 25.2 Å². The Morgan fingerprint density at radius 1 is 0.933 bits per heavy atom. The number of hydrogen-bond donors (Lipinski definition) is 6. The Morgan fingerprint density at radius 3 is 2.42 bits per heavy atom. The van der Waals surface area contributed by atoms with Crippen LogP contribution >= 0.6 is 21.6 Å². The van der Waals surface area contributed by atoms with Crippen molar-refractivity contribution in [3.8, 4) is 0 Å². The van der Waals surface area contributed by atoms with Gasteiger partial charge in [0.25, 0.3) is 0 Å². The summed E-state index contributed by atoms with van der Waals surface area (Å²) >= 11 is 0. The number of rotatable bonds is 3. The number of fused-ring (bicyclic) bond motifs is 6. The van der Waals surface area contributed by atoms with E-state index in [1.165, 1.54) is 44.1 Å². The molecule has 1 saturated heterocycles. The number of imidazole rings is 1. The molecule has 8 N–H and O–H groups in total. The largest absolute Gasteiger partial charge is 0.392 e. The standard InChI is InChI=1S/C48H73N5O5S2/c1-44(2)22-30(53-16-15-51-27-53)26-60-59-25-29-17-35-31(38(54)18-34(44)28-9-8-14-47(21-28)12-5-6-13-47)10-7-11-33-32(24-52-43(49)50)42-37(48(29,58)46(33,35)4)20-39(55)36-19-40(56)41(57)23-45(36,42)3/h15-16,20,27,29-33,35-36,38,40-42,54,56-58H,5-14,17-19,21-26H2,1-4H3,(H4,49,50,52). The summed E-state index contributed by atoms with van der Waals surface area (Å²) in [4.78, 5) is 23.7. The van der Waals surface area contributed by atoms with Crippen LogP contribution in [0.25, 0.3) is 0 Å². The highest BCUT2D eigenvalue weighted by Gasteiger charge is 2.75. The second-order valence-electron chi connectivity index (χ2n) is 22.2. The van der Waals surface area contributed by atoms with E-state index >= 15 is 0 Å². The molecule has 7 aliphatic carbocycles. The number of aliphatic imine (C=N–C) groups is 1. The molecular weight excluding hydrogens is 791 g/mol. The Bertz CT molecular complexity index is 1870. The van der Waals surface area contributed by atoms with Gasteiger partial charge in [-0.25, -0.2) is 4.98 Å². The number of hydrogen-bond acceptors (Lipinski definition) is 9. The number of aliphatic hydroxyl groups is 4. The summed E-state index contributed by atoms with van der Waals surface area (Å²) in [6, 6.07) is 0.211. The molecule has 1 spiro atoms. The maximum absolute atomic E-state index is 14.5. The first kappa shape index (κ1) is 43.4. The molecule has 1 aromatic heterocycles. The Hall–Kier alpha value is -1.83. The molecule has 2 bridgehead atoms. The van der Waals surface area contributed by atoms with E-state index < -0.39 is 40.7 Å². The third-order valence-electron chi connectivity index (χ3n) is 18.9. The first-order valence-electron chi connectivity index (χ1n) is 23.5. The predicted octanol–water partition coefficient (Wildman–Crippen LogP) is 7.37. The van der Waals surface area contributed by atoms with Crippen molar-refractivity contribution >= 4 is 33.3 Å². The van der Waals surface area contributed by atoms with E-state index in [9.17, 15) is 25.2 Å². The van der Waals surface area contributed by atoms with Gasteiger partial charge in [-0.05, 0) is 141 Å². The maximum atomic E-state index is 14.5. The first-order chi connectivity index (χ1) is 28.5. The van der Waals surface area contributed by atoms with Gasteiger partial charge in [0.15, 0.2) is 11.7 Å². The second-order valence-corrected chi connectivity index (χ2v) is 24.8. The van der Waals surface area contributed by atoms with Gasteiger partial charge in [0.2, 0.25) is 0 Å². The SMILES string of the molecule is CC1(C)CC(n2ccnc2)CSSCC2CC3C(CCCC4C(CN=C(N)N)C5C(=CC(=O)C6CC(O)C(O)CC65C)C2(O)C34C)C(O)CC1=C1CCCC2(CCCC2)C1. The van der Waals surface area contributed by atoms with E-state index in [0.717, 1.165) is 62.0 Å². The number of aromatic nitrogens is 2. The molecule has 2 heterocycles. The lowest BCUT2D eigenvalue weighted by molar-refractivity contribution is -0.189. The van der Waals surface area contributed by atoms with Gasteiger partial charge in [0.1, 0.15) is 0 Å². The molecule has 60 heavy (non-hydrogen) atoms. The number of carbonyl (C=O) groups is 1. The summed E-state index contributed by atoms with van der Waals surface area (Å²) < 4.78 is 2.29. The molecule has 0 amide bonds. The first-order valence-corrected chi connectivity index (χ1v) is 26.0. The third kappa shape index (κ3) is 6.92. The minimum Gasteiger partial charge on any atom is -0.392 e. The number of carbonyl (C=O) groups excluding carboxylic acids is 1. The van der Waals surface area contributed by atoms with Gasteiger partial charge >= 0.3 is 0 Å². The monoisotopic (exact) mass is 864 g/mol. The molecule has 1 aromatic rings. The second kappa shape index (κ2) is 16.0. The number of nitrogens with two attached hydrogens (primary N) is 2. The van der Waals surface area contributed by atoms with Gasteiger partial charge in [-0.15, -0.1) is 0 Å². The van der Waals surface area contributed by atoms with Gasteiger partial charge in [0.05, 0.1) is 30.2 Å². The van der Waals surface area contributed by atoms with Gasteiger partial charge in [-0.2, -0.15) is 0 Å². The fourth-order valence-corrected chi connectivity index (χ4v) is 19.0. The molecule has 0 radical (unpaired) electrons. The fourth-order valence-electron chi connectivity index (χ4n) is 16.3. The van der Waals surface area contributed by atoms with E-state index in [-0.39, 0.29) is 71.5 Å². The zero-order chi connectivity index (χ0) is 42.4. The predicted molar refractivity (Wildman–Crippen MR) is 241 cm³/mol. The molecule has 14 unspecified atom stereocenters. The van der Waals surface area contributed by atoms with E-state index in [2.05, 4.69) is 43.4 Å². The van der Waals surface area contributed by atoms with Crippen molar-refractivity contribution in [2.24, 2.45) is 79.5 Å². The average molecular weight is 864 g/mol. The van der Waals surface area contributed by atoms with Crippen molar-refractivity contribution in [2.75, 3.05) is 18.1 Å². The van der Waals surface area contributed by atoms with Crippen LogP contribution in [0.3, 0.4) is 0 Å². The van der Waals surface area contributed by atoms with E-state index in [1.807, 2.05) is 34.1 Å². The van der Waals surface area contributed by atoms with Crippen LogP contribution in [0, 0.1) is 63.1 Å². The van der Waals surface area contributed by atoms with E-state index in [1.54, 1.807) is 11.6 Å². The molecule has 12 heteroatoms. The van der Waals surface area contributed by atoms with E-state index in [4.69, 9.17) is 16.5 Å². The van der Waals surface area contributed by atoms with Crippen LogP contribution in [-0.2, 0) is 4.79 Å². The Kier molecular flexibility index (Phi) is 11.6. The van der Waals surface area contributed by atoms with Gasteiger partial charge in [-0.3, -0.25) is 9.79 Å². The topological polar surface area (TPSA) is 180 Å². The van der Waals surface area contributed by atoms with Crippen LogP contribution < -0.4 is 11.5 Å². The van der Waals surface area contributed by atoms with Crippen LogP contribution in [0.4, 0.5) is 0 Å². The molecule has 332 valence electrons. The third-order valence-corrected chi connectivity index (χ3v) is 21.4. The normalized spacial score (nSPS) is 46.4. The lowest BCUT2D eigenvalue weighted by Crippen LogP contribution is -2.68. The number of aliphatic hydroxyl groups excluding tert-OH is 3. The van der Waals surface area contributed by atoms with Crippen LogP contribution in [0.1, 0.15) is 136 Å². The summed E-state index contributed by atoms with van der Waals surface area (Å²) in [5.74, 6) is 0.635. The van der Waals surface area contributed by atoms with Gasteiger partial charge in [-0.1, -0.05) is 79.7 Å². The van der Waals surface area contributed by atoms with Crippen LogP contribution in [0.2, 0.25) is 0 Å². The maximum Gasteiger partial charge on any atom is 0.185 e. The molecule has 0 aromatic carbocycles. The number of ketones is 1. The highest BCUT2D eigenvalue weighted by Crippen LogP contribution is 2.75.